The first kappa shape index (κ1) is 8.31. The molecule has 3 heteroatoms. The largest absolute Gasteiger partial charge is 0.499 e. The fourth-order valence-electron chi connectivity index (χ4n) is 1.15. The molecule has 0 aliphatic heterocycles. The summed E-state index contributed by atoms with van der Waals surface area (Å²) in [6.07, 6.45) is 0. The minimum atomic E-state index is 0.397. The van der Waals surface area contributed by atoms with Crippen LogP contribution >= 0.6 is 33.9 Å². The molecule has 0 unspecified atom stereocenters. The maximum atomic E-state index is 9.29. The van der Waals surface area contributed by atoms with Crippen LogP contribution in [-0.2, 0) is 0 Å². The molecule has 0 amide bonds. The van der Waals surface area contributed by atoms with Gasteiger partial charge in [-0.05, 0) is 46.5 Å². The summed E-state index contributed by atoms with van der Waals surface area (Å²) in [5.41, 5.74) is 1.27. The van der Waals surface area contributed by atoms with E-state index in [9.17, 15) is 5.11 Å². The van der Waals surface area contributed by atoms with Gasteiger partial charge in [0.1, 0.15) is 0 Å². The van der Waals surface area contributed by atoms with Crippen molar-refractivity contribution in [2.24, 2.45) is 0 Å². The van der Waals surface area contributed by atoms with E-state index in [1.54, 1.807) is 0 Å². The molecule has 1 nitrogen and oxygen atoms in total. The van der Waals surface area contributed by atoms with Crippen LogP contribution in [0.2, 0.25) is 0 Å². The highest BCUT2D eigenvalue weighted by Gasteiger charge is 2.05. The Morgan fingerprint density at radius 2 is 2.17 bits per heavy atom. The highest BCUT2D eigenvalue weighted by molar-refractivity contribution is 14.1. The van der Waals surface area contributed by atoms with Crippen molar-refractivity contribution in [1.82, 2.24) is 0 Å². The Labute approximate surface area is 88.2 Å². The van der Waals surface area contributed by atoms with Crippen molar-refractivity contribution in [2.45, 2.75) is 6.92 Å². The molecular formula is C9H7IOS. The summed E-state index contributed by atoms with van der Waals surface area (Å²) < 4.78 is 2.43. The van der Waals surface area contributed by atoms with Crippen molar-refractivity contribution in [3.05, 3.63) is 27.3 Å². The van der Waals surface area contributed by atoms with Crippen LogP contribution in [0.5, 0.6) is 5.06 Å². The van der Waals surface area contributed by atoms with Crippen molar-refractivity contribution in [1.29, 1.82) is 0 Å². The number of thiophene rings is 1. The maximum Gasteiger partial charge on any atom is 0.172 e. The number of hydrogen-bond donors (Lipinski definition) is 1. The molecule has 0 radical (unpaired) electrons. The summed E-state index contributed by atoms with van der Waals surface area (Å²) in [7, 11) is 0. The normalized spacial score (nSPS) is 10.8. The summed E-state index contributed by atoms with van der Waals surface area (Å²) in [5.74, 6) is 0. The Hall–Kier alpha value is -0.290. The zero-order valence-corrected chi connectivity index (χ0v) is 9.44. The SMILES string of the molecule is Cc1ccc2cc(O)sc2c1I. The van der Waals surface area contributed by atoms with Gasteiger partial charge in [0, 0.05) is 3.57 Å². The van der Waals surface area contributed by atoms with E-state index < -0.39 is 0 Å². The highest BCUT2D eigenvalue weighted by atomic mass is 127. The van der Waals surface area contributed by atoms with Crippen molar-refractivity contribution in [2.75, 3.05) is 0 Å². The number of aryl methyl sites for hydroxylation is 1. The molecule has 0 atom stereocenters. The molecule has 0 spiro atoms. The third-order valence-electron chi connectivity index (χ3n) is 1.81. The van der Waals surface area contributed by atoms with Gasteiger partial charge in [0.25, 0.3) is 0 Å². The highest BCUT2D eigenvalue weighted by Crippen LogP contribution is 2.34. The molecule has 12 heavy (non-hydrogen) atoms. The number of aromatic hydroxyl groups is 1. The molecule has 1 aromatic carbocycles. The predicted molar refractivity (Wildman–Crippen MR) is 60.9 cm³/mol. The van der Waals surface area contributed by atoms with E-state index in [-0.39, 0.29) is 0 Å². The zero-order chi connectivity index (χ0) is 8.72. The summed E-state index contributed by atoms with van der Waals surface area (Å²) in [4.78, 5) is 0. The molecule has 0 bridgehead atoms. The van der Waals surface area contributed by atoms with Gasteiger partial charge in [-0.2, -0.15) is 0 Å². The van der Waals surface area contributed by atoms with Gasteiger partial charge in [-0.1, -0.05) is 23.5 Å². The molecule has 1 N–H and O–H groups in total. The Morgan fingerprint density at radius 1 is 1.42 bits per heavy atom. The fourth-order valence-corrected chi connectivity index (χ4v) is 2.87. The van der Waals surface area contributed by atoms with Crippen LogP contribution in [0.1, 0.15) is 5.56 Å². The molecule has 2 rings (SSSR count). The Balaban J connectivity index is 2.89. The summed E-state index contributed by atoms with van der Waals surface area (Å²) in [5, 5.41) is 10.8. The molecule has 0 aliphatic rings. The minimum absolute atomic E-state index is 0.397. The van der Waals surface area contributed by atoms with E-state index in [2.05, 4.69) is 35.6 Å². The number of hydrogen-bond acceptors (Lipinski definition) is 2. The summed E-state index contributed by atoms with van der Waals surface area (Å²) in [6, 6.07) is 5.93. The lowest BCUT2D eigenvalue weighted by atomic mass is 10.2. The number of rotatable bonds is 0. The van der Waals surface area contributed by atoms with Gasteiger partial charge in [-0.15, -0.1) is 0 Å². The van der Waals surface area contributed by atoms with Crippen LogP contribution in [0.25, 0.3) is 10.1 Å². The number of benzene rings is 1. The molecule has 0 fully saturated rings. The van der Waals surface area contributed by atoms with Crippen LogP contribution in [0, 0.1) is 10.5 Å². The maximum absolute atomic E-state index is 9.29. The van der Waals surface area contributed by atoms with Gasteiger partial charge >= 0.3 is 0 Å². The van der Waals surface area contributed by atoms with Gasteiger partial charge in [-0.3, -0.25) is 0 Å². The Kier molecular flexibility index (Phi) is 2.00. The van der Waals surface area contributed by atoms with E-state index in [0.29, 0.717) is 5.06 Å². The average molecular weight is 290 g/mol. The third-order valence-corrected chi connectivity index (χ3v) is 4.53. The predicted octanol–water partition coefficient (Wildman–Crippen LogP) is 3.52. The van der Waals surface area contributed by atoms with Crippen molar-refractivity contribution < 1.29 is 5.11 Å². The quantitative estimate of drug-likeness (QED) is 0.736. The first-order valence-corrected chi connectivity index (χ1v) is 5.45. The lowest BCUT2D eigenvalue weighted by Crippen LogP contribution is -1.77. The number of fused-ring (bicyclic) bond motifs is 1. The summed E-state index contributed by atoms with van der Waals surface area (Å²) in [6.45, 7) is 2.08. The minimum Gasteiger partial charge on any atom is -0.499 e. The topological polar surface area (TPSA) is 20.2 Å². The van der Waals surface area contributed by atoms with E-state index in [1.165, 1.54) is 25.2 Å². The van der Waals surface area contributed by atoms with Crippen LogP contribution in [0.3, 0.4) is 0 Å². The van der Waals surface area contributed by atoms with Crippen LogP contribution < -0.4 is 0 Å². The second-order valence-electron chi connectivity index (χ2n) is 2.70. The van der Waals surface area contributed by atoms with Crippen molar-refractivity contribution in [3.63, 3.8) is 0 Å². The lowest BCUT2D eigenvalue weighted by molar-refractivity contribution is 0.491. The monoisotopic (exact) mass is 290 g/mol. The van der Waals surface area contributed by atoms with E-state index in [1.807, 2.05) is 12.1 Å². The molecule has 1 heterocycles. The standard InChI is InChI=1S/C9H7IOS/c1-5-2-3-6-4-7(11)12-9(6)8(5)10/h2-4,11H,1H3. The van der Waals surface area contributed by atoms with E-state index in [0.717, 1.165) is 5.39 Å². The Morgan fingerprint density at radius 3 is 2.92 bits per heavy atom. The Bertz CT molecular complexity index is 433. The molecule has 0 saturated carbocycles. The average Bonchev–Trinajstić information content (AvgIpc) is 2.39. The first-order valence-electron chi connectivity index (χ1n) is 3.56. The molecule has 0 saturated heterocycles. The fraction of sp³-hybridized carbons (Fsp3) is 0.111. The number of halogens is 1. The molecule has 1 aromatic heterocycles. The lowest BCUT2D eigenvalue weighted by Gasteiger charge is -1.97. The van der Waals surface area contributed by atoms with Gasteiger partial charge in [-0.25, -0.2) is 0 Å². The summed E-state index contributed by atoms with van der Waals surface area (Å²) >= 11 is 3.76. The van der Waals surface area contributed by atoms with Crippen LogP contribution in [-0.4, -0.2) is 5.11 Å². The van der Waals surface area contributed by atoms with Gasteiger partial charge < -0.3 is 5.11 Å². The van der Waals surface area contributed by atoms with Crippen LogP contribution in [0.4, 0.5) is 0 Å². The smallest absolute Gasteiger partial charge is 0.172 e. The second kappa shape index (κ2) is 2.88. The molecule has 0 aliphatic carbocycles. The van der Waals surface area contributed by atoms with E-state index >= 15 is 0 Å². The first-order chi connectivity index (χ1) is 5.68. The van der Waals surface area contributed by atoms with E-state index in [4.69, 9.17) is 0 Å². The molecule has 2 aromatic rings. The van der Waals surface area contributed by atoms with Crippen LogP contribution in [0.15, 0.2) is 18.2 Å². The molecule has 62 valence electrons. The van der Waals surface area contributed by atoms with Gasteiger partial charge in [0.05, 0.1) is 4.70 Å². The third kappa shape index (κ3) is 1.21. The van der Waals surface area contributed by atoms with Crippen molar-refractivity contribution in [3.8, 4) is 5.06 Å². The van der Waals surface area contributed by atoms with Crippen molar-refractivity contribution >= 4 is 44.0 Å². The van der Waals surface area contributed by atoms with Gasteiger partial charge in [0.2, 0.25) is 0 Å². The van der Waals surface area contributed by atoms with Gasteiger partial charge in [0.15, 0.2) is 5.06 Å². The molecular weight excluding hydrogens is 283 g/mol. The zero-order valence-electron chi connectivity index (χ0n) is 6.47. The second-order valence-corrected chi connectivity index (χ2v) is 4.81.